The second-order valence-corrected chi connectivity index (χ2v) is 3.80. The maximum atomic E-state index is 13.9. The minimum absolute atomic E-state index is 0.0225. The first-order valence-electron chi connectivity index (χ1n) is 4.27. The van der Waals surface area contributed by atoms with Crippen molar-refractivity contribution in [3.8, 4) is 11.5 Å². The van der Waals surface area contributed by atoms with Crippen molar-refractivity contribution in [1.82, 2.24) is 9.97 Å². The highest BCUT2D eigenvalue weighted by molar-refractivity contribution is 6.35. The van der Waals surface area contributed by atoms with Crippen molar-refractivity contribution < 1.29 is 13.9 Å². The van der Waals surface area contributed by atoms with Crippen molar-refractivity contribution in [3.05, 3.63) is 22.3 Å². The highest BCUT2D eigenvalue weighted by Gasteiger charge is 2.23. The summed E-state index contributed by atoms with van der Waals surface area (Å²) in [4.78, 5) is 7.50. The monoisotopic (exact) mass is 260 g/mol. The average molecular weight is 261 g/mol. The van der Waals surface area contributed by atoms with Crippen LogP contribution in [-0.2, 0) is 0 Å². The van der Waals surface area contributed by atoms with Gasteiger partial charge in [0, 0.05) is 5.39 Å². The summed E-state index contributed by atoms with van der Waals surface area (Å²) in [6.45, 7) is -0.0264. The molecular formula is C9H3Cl2FN2O2. The van der Waals surface area contributed by atoms with Gasteiger partial charge in [-0.1, -0.05) is 11.6 Å². The lowest BCUT2D eigenvalue weighted by Crippen LogP contribution is -1.94. The quantitative estimate of drug-likeness (QED) is 0.540. The summed E-state index contributed by atoms with van der Waals surface area (Å²) in [5.41, 5.74) is 0.0225. The van der Waals surface area contributed by atoms with Gasteiger partial charge in [0.05, 0.1) is 0 Å². The third-order valence-corrected chi connectivity index (χ3v) is 2.65. The zero-order valence-corrected chi connectivity index (χ0v) is 9.14. The predicted octanol–water partition coefficient (Wildman–Crippen LogP) is 2.80. The Morgan fingerprint density at radius 1 is 1.25 bits per heavy atom. The smallest absolute Gasteiger partial charge is 0.231 e. The van der Waals surface area contributed by atoms with Gasteiger partial charge in [0.15, 0.2) is 11.6 Å². The van der Waals surface area contributed by atoms with E-state index in [4.69, 9.17) is 32.7 Å². The molecule has 0 saturated carbocycles. The minimum atomic E-state index is -0.642. The van der Waals surface area contributed by atoms with Gasteiger partial charge in [-0.05, 0) is 17.7 Å². The Bertz CT molecular complexity index is 606. The first kappa shape index (κ1) is 9.86. The van der Waals surface area contributed by atoms with Crippen LogP contribution in [-0.4, -0.2) is 16.8 Å². The Balaban J connectivity index is 2.46. The van der Waals surface area contributed by atoms with Crippen LogP contribution in [0.1, 0.15) is 0 Å². The molecule has 0 saturated heterocycles. The lowest BCUT2D eigenvalue weighted by atomic mass is 10.2. The molecular weight excluding hydrogens is 258 g/mol. The van der Waals surface area contributed by atoms with Crippen LogP contribution in [0, 0.1) is 5.82 Å². The largest absolute Gasteiger partial charge is 0.453 e. The van der Waals surface area contributed by atoms with E-state index in [2.05, 4.69) is 9.97 Å². The molecule has 0 bridgehead atoms. The van der Waals surface area contributed by atoms with Gasteiger partial charge in [-0.15, -0.1) is 0 Å². The van der Waals surface area contributed by atoms with Crippen molar-refractivity contribution >= 4 is 34.1 Å². The minimum Gasteiger partial charge on any atom is -0.453 e. The van der Waals surface area contributed by atoms with E-state index >= 15 is 0 Å². The molecule has 7 heteroatoms. The molecule has 3 rings (SSSR count). The molecule has 1 aliphatic rings. The van der Waals surface area contributed by atoms with Gasteiger partial charge in [0.1, 0.15) is 10.7 Å². The maximum absolute atomic E-state index is 13.9. The number of nitrogens with zero attached hydrogens (tertiary/aromatic N) is 2. The number of fused-ring (bicyclic) bond motifs is 2. The number of halogens is 3. The van der Waals surface area contributed by atoms with E-state index in [1.165, 1.54) is 6.07 Å². The van der Waals surface area contributed by atoms with Gasteiger partial charge in [-0.3, -0.25) is 0 Å². The second kappa shape index (κ2) is 3.33. The molecule has 1 aliphatic heterocycles. The van der Waals surface area contributed by atoms with Gasteiger partial charge in [-0.25, -0.2) is 14.4 Å². The fourth-order valence-electron chi connectivity index (χ4n) is 1.52. The van der Waals surface area contributed by atoms with E-state index in [1.807, 2.05) is 0 Å². The Kier molecular flexibility index (Phi) is 2.05. The molecule has 0 amide bonds. The third kappa shape index (κ3) is 1.28. The van der Waals surface area contributed by atoms with Crippen molar-refractivity contribution in [1.29, 1.82) is 0 Å². The molecule has 2 heterocycles. The SMILES string of the molecule is Fc1c2c(cc3c(Cl)nc(Cl)nc13)OCO2. The molecule has 2 aromatic rings. The Hall–Kier alpha value is -1.33. The van der Waals surface area contributed by atoms with Crippen molar-refractivity contribution in [3.63, 3.8) is 0 Å². The fraction of sp³-hybridized carbons (Fsp3) is 0.111. The molecule has 4 nitrogen and oxygen atoms in total. The number of aromatic nitrogens is 2. The van der Waals surface area contributed by atoms with Gasteiger partial charge in [-0.2, -0.15) is 0 Å². The Labute approximate surface area is 98.9 Å². The topological polar surface area (TPSA) is 44.2 Å². The molecule has 0 spiro atoms. The van der Waals surface area contributed by atoms with Crippen molar-refractivity contribution in [2.45, 2.75) is 0 Å². The Morgan fingerprint density at radius 3 is 2.88 bits per heavy atom. The van der Waals surface area contributed by atoms with E-state index in [0.717, 1.165) is 0 Å². The number of hydrogen-bond donors (Lipinski definition) is 0. The number of ether oxygens (including phenoxy) is 2. The second-order valence-electron chi connectivity index (χ2n) is 3.10. The van der Waals surface area contributed by atoms with Crippen LogP contribution < -0.4 is 9.47 Å². The molecule has 0 N–H and O–H groups in total. The summed E-state index contributed by atoms with van der Waals surface area (Å²) in [7, 11) is 0. The molecule has 0 fully saturated rings. The van der Waals surface area contributed by atoms with E-state index in [0.29, 0.717) is 5.39 Å². The zero-order chi connectivity index (χ0) is 11.3. The molecule has 1 aromatic heterocycles. The summed E-state index contributed by atoms with van der Waals surface area (Å²) in [6, 6.07) is 1.53. The summed E-state index contributed by atoms with van der Waals surface area (Å²) < 4.78 is 24.0. The molecule has 0 radical (unpaired) electrons. The number of rotatable bonds is 0. The van der Waals surface area contributed by atoms with Crippen LogP contribution >= 0.6 is 23.2 Å². The summed E-state index contributed by atoms with van der Waals surface area (Å²) in [5, 5.41) is 0.301. The van der Waals surface area contributed by atoms with Gasteiger partial charge in [0.2, 0.25) is 17.8 Å². The van der Waals surface area contributed by atoms with Crippen LogP contribution in [0.3, 0.4) is 0 Å². The lowest BCUT2D eigenvalue weighted by molar-refractivity contribution is 0.171. The number of hydrogen-bond acceptors (Lipinski definition) is 4. The van der Waals surface area contributed by atoms with Crippen LogP contribution in [0.5, 0.6) is 11.5 Å². The molecule has 0 aliphatic carbocycles. The standard InChI is InChI=1S/C9H3Cl2FN2O2/c10-8-3-1-4-7(16-2-15-4)5(12)6(3)13-9(11)14-8/h1H,2H2. The molecule has 0 atom stereocenters. The molecule has 0 unspecified atom stereocenters. The summed E-state index contributed by atoms with van der Waals surface area (Å²) >= 11 is 11.4. The van der Waals surface area contributed by atoms with E-state index in [-0.39, 0.29) is 34.2 Å². The van der Waals surface area contributed by atoms with Gasteiger partial charge < -0.3 is 9.47 Å². The lowest BCUT2D eigenvalue weighted by Gasteiger charge is -2.04. The van der Waals surface area contributed by atoms with Crippen molar-refractivity contribution in [2.24, 2.45) is 0 Å². The highest BCUT2D eigenvalue weighted by Crippen LogP contribution is 2.40. The molecule has 1 aromatic carbocycles. The Morgan fingerprint density at radius 2 is 2.06 bits per heavy atom. The van der Waals surface area contributed by atoms with E-state index < -0.39 is 5.82 Å². The summed E-state index contributed by atoms with van der Waals surface area (Å²) in [5.74, 6) is -0.327. The first-order valence-corrected chi connectivity index (χ1v) is 5.03. The fourth-order valence-corrected chi connectivity index (χ4v) is 1.95. The van der Waals surface area contributed by atoms with Gasteiger partial charge in [0.25, 0.3) is 0 Å². The van der Waals surface area contributed by atoms with Crippen LogP contribution in [0.2, 0.25) is 10.4 Å². The van der Waals surface area contributed by atoms with Crippen LogP contribution in [0.4, 0.5) is 4.39 Å². The first-order chi connectivity index (χ1) is 7.66. The van der Waals surface area contributed by atoms with E-state index in [1.54, 1.807) is 0 Å². The maximum Gasteiger partial charge on any atom is 0.231 e. The predicted molar refractivity (Wildman–Crippen MR) is 55.6 cm³/mol. The highest BCUT2D eigenvalue weighted by atomic mass is 35.5. The van der Waals surface area contributed by atoms with Crippen LogP contribution in [0.25, 0.3) is 10.9 Å². The normalized spacial score (nSPS) is 13.4. The average Bonchev–Trinajstić information content (AvgIpc) is 2.68. The van der Waals surface area contributed by atoms with Gasteiger partial charge >= 0.3 is 0 Å². The third-order valence-electron chi connectivity index (χ3n) is 2.20. The number of benzene rings is 1. The van der Waals surface area contributed by atoms with Crippen LogP contribution in [0.15, 0.2) is 6.07 Å². The van der Waals surface area contributed by atoms with Crippen molar-refractivity contribution in [2.75, 3.05) is 6.79 Å². The molecule has 82 valence electrons. The summed E-state index contributed by atoms with van der Waals surface area (Å²) in [6.07, 6.45) is 0. The van der Waals surface area contributed by atoms with E-state index in [9.17, 15) is 4.39 Å². The zero-order valence-electron chi connectivity index (χ0n) is 7.63. The molecule has 16 heavy (non-hydrogen) atoms.